The highest BCUT2D eigenvalue weighted by Crippen LogP contribution is 2.29. The van der Waals surface area contributed by atoms with E-state index in [1.54, 1.807) is 18.2 Å². The van der Waals surface area contributed by atoms with Crippen molar-refractivity contribution in [3.63, 3.8) is 0 Å². The largest absolute Gasteiger partial charge is 0.490 e. The molecular weight excluding hydrogens is 218 g/mol. The molecule has 1 rings (SSSR count). The SMILES string of the molecule is CCOc1cc(C=O)ccc1OC(C#N)CC. The van der Waals surface area contributed by atoms with E-state index in [4.69, 9.17) is 14.7 Å². The molecule has 90 valence electrons. The van der Waals surface area contributed by atoms with E-state index in [1.807, 2.05) is 13.8 Å². The van der Waals surface area contributed by atoms with Gasteiger partial charge in [0.2, 0.25) is 0 Å². The molecular formula is C13H15NO3. The first kappa shape index (κ1) is 13.0. The van der Waals surface area contributed by atoms with Gasteiger partial charge in [-0.1, -0.05) is 6.92 Å². The van der Waals surface area contributed by atoms with Crippen LogP contribution in [0.25, 0.3) is 0 Å². The fraction of sp³-hybridized carbons (Fsp3) is 0.385. The monoisotopic (exact) mass is 233 g/mol. The molecule has 1 aromatic carbocycles. The lowest BCUT2D eigenvalue weighted by Crippen LogP contribution is -2.13. The third-order valence-corrected chi connectivity index (χ3v) is 2.19. The van der Waals surface area contributed by atoms with E-state index in [0.29, 0.717) is 30.1 Å². The quantitative estimate of drug-likeness (QED) is 0.708. The third kappa shape index (κ3) is 3.49. The summed E-state index contributed by atoms with van der Waals surface area (Å²) in [7, 11) is 0. The molecule has 0 aliphatic heterocycles. The van der Waals surface area contributed by atoms with Gasteiger partial charge in [0, 0.05) is 5.56 Å². The Morgan fingerprint density at radius 2 is 2.18 bits per heavy atom. The highest BCUT2D eigenvalue weighted by Gasteiger charge is 2.11. The van der Waals surface area contributed by atoms with Crippen LogP contribution in [0.2, 0.25) is 0 Å². The second kappa shape index (κ2) is 6.54. The third-order valence-electron chi connectivity index (χ3n) is 2.19. The summed E-state index contributed by atoms with van der Waals surface area (Å²) in [5.74, 6) is 0.983. The molecule has 4 heteroatoms. The first-order valence-electron chi connectivity index (χ1n) is 5.53. The fourth-order valence-corrected chi connectivity index (χ4v) is 1.32. The van der Waals surface area contributed by atoms with Crippen LogP contribution in [-0.4, -0.2) is 19.0 Å². The molecule has 0 fully saturated rings. The number of carbonyl (C=O) groups excluding carboxylic acids is 1. The molecule has 0 saturated heterocycles. The molecule has 0 radical (unpaired) electrons. The van der Waals surface area contributed by atoms with Crippen molar-refractivity contribution in [1.29, 1.82) is 5.26 Å². The van der Waals surface area contributed by atoms with E-state index in [1.165, 1.54) is 0 Å². The van der Waals surface area contributed by atoms with E-state index < -0.39 is 6.10 Å². The average Bonchev–Trinajstić information content (AvgIpc) is 2.37. The van der Waals surface area contributed by atoms with Crippen LogP contribution in [0.4, 0.5) is 0 Å². The molecule has 0 amide bonds. The molecule has 4 nitrogen and oxygen atoms in total. The number of carbonyl (C=O) groups is 1. The molecule has 0 spiro atoms. The van der Waals surface area contributed by atoms with Crippen LogP contribution >= 0.6 is 0 Å². The second-order valence-corrected chi connectivity index (χ2v) is 3.40. The summed E-state index contributed by atoms with van der Waals surface area (Å²) in [5, 5.41) is 8.84. The van der Waals surface area contributed by atoms with Crippen LogP contribution < -0.4 is 9.47 Å². The van der Waals surface area contributed by atoms with E-state index in [0.717, 1.165) is 6.29 Å². The van der Waals surface area contributed by atoms with Crippen molar-refractivity contribution in [3.05, 3.63) is 23.8 Å². The lowest BCUT2D eigenvalue weighted by molar-refractivity contribution is 0.112. The minimum absolute atomic E-state index is 0.474. The maximum absolute atomic E-state index is 10.7. The van der Waals surface area contributed by atoms with Crippen molar-refractivity contribution in [2.45, 2.75) is 26.4 Å². The lowest BCUT2D eigenvalue weighted by Gasteiger charge is -2.14. The average molecular weight is 233 g/mol. The number of benzene rings is 1. The number of nitriles is 1. The van der Waals surface area contributed by atoms with Crippen molar-refractivity contribution in [2.75, 3.05) is 6.61 Å². The zero-order valence-electron chi connectivity index (χ0n) is 9.97. The Morgan fingerprint density at radius 1 is 1.41 bits per heavy atom. The van der Waals surface area contributed by atoms with Crippen LogP contribution in [0.3, 0.4) is 0 Å². The molecule has 0 bridgehead atoms. The lowest BCUT2D eigenvalue weighted by atomic mass is 10.2. The van der Waals surface area contributed by atoms with Gasteiger partial charge in [0.05, 0.1) is 6.61 Å². The van der Waals surface area contributed by atoms with Crippen LogP contribution in [0, 0.1) is 11.3 Å². The number of hydrogen-bond acceptors (Lipinski definition) is 4. The van der Waals surface area contributed by atoms with E-state index >= 15 is 0 Å². The van der Waals surface area contributed by atoms with Crippen molar-refractivity contribution < 1.29 is 14.3 Å². The van der Waals surface area contributed by atoms with Gasteiger partial charge < -0.3 is 9.47 Å². The smallest absolute Gasteiger partial charge is 0.184 e. The first-order valence-corrected chi connectivity index (χ1v) is 5.53. The van der Waals surface area contributed by atoms with Crippen LogP contribution in [0.1, 0.15) is 30.6 Å². The van der Waals surface area contributed by atoms with Crippen molar-refractivity contribution in [1.82, 2.24) is 0 Å². The minimum atomic E-state index is -0.503. The number of nitrogens with zero attached hydrogens (tertiary/aromatic N) is 1. The number of hydrogen-bond donors (Lipinski definition) is 0. The standard InChI is InChI=1S/C13H15NO3/c1-3-11(8-14)17-12-6-5-10(9-15)7-13(12)16-4-2/h5-7,9,11H,3-4H2,1-2H3. The predicted molar refractivity (Wildman–Crippen MR) is 63.3 cm³/mol. The van der Waals surface area contributed by atoms with Crippen LogP contribution in [0.15, 0.2) is 18.2 Å². The van der Waals surface area contributed by atoms with Gasteiger partial charge in [-0.25, -0.2) is 0 Å². The maximum atomic E-state index is 10.7. The summed E-state index contributed by atoms with van der Waals surface area (Å²) in [6.45, 7) is 4.19. The zero-order chi connectivity index (χ0) is 12.7. The Hall–Kier alpha value is -2.02. The molecule has 1 aromatic rings. The normalized spacial score (nSPS) is 11.4. The Balaban J connectivity index is 2.97. The van der Waals surface area contributed by atoms with Gasteiger partial charge >= 0.3 is 0 Å². The summed E-state index contributed by atoms with van der Waals surface area (Å²) in [5.41, 5.74) is 0.519. The number of rotatable bonds is 6. The zero-order valence-corrected chi connectivity index (χ0v) is 9.97. The summed E-state index contributed by atoms with van der Waals surface area (Å²) < 4.78 is 10.9. The van der Waals surface area contributed by atoms with Gasteiger partial charge in [0.1, 0.15) is 12.4 Å². The van der Waals surface area contributed by atoms with Gasteiger partial charge in [-0.15, -0.1) is 0 Å². The second-order valence-electron chi connectivity index (χ2n) is 3.40. The molecule has 0 aliphatic rings. The Labute approximate surface area is 101 Å². The van der Waals surface area contributed by atoms with Gasteiger partial charge in [-0.05, 0) is 31.5 Å². The van der Waals surface area contributed by atoms with E-state index in [-0.39, 0.29) is 0 Å². The highest BCUT2D eigenvalue weighted by atomic mass is 16.5. The Bertz CT molecular complexity index is 423. The minimum Gasteiger partial charge on any atom is -0.490 e. The van der Waals surface area contributed by atoms with Crippen molar-refractivity contribution in [3.8, 4) is 17.6 Å². The maximum Gasteiger partial charge on any atom is 0.184 e. The summed E-state index contributed by atoms with van der Waals surface area (Å²) in [4.78, 5) is 10.7. The molecule has 0 heterocycles. The first-order chi connectivity index (χ1) is 8.24. The fourth-order valence-electron chi connectivity index (χ4n) is 1.32. The molecule has 0 saturated carbocycles. The molecule has 0 aliphatic carbocycles. The predicted octanol–water partition coefficient (Wildman–Crippen LogP) is 2.58. The summed E-state index contributed by atoms with van der Waals surface area (Å²) >= 11 is 0. The topological polar surface area (TPSA) is 59.3 Å². The van der Waals surface area contributed by atoms with Gasteiger partial charge in [0.15, 0.2) is 17.6 Å². The van der Waals surface area contributed by atoms with Gasteiger partial charge in [-0.2, -0.15) is 5.26 Å². The van der Waals surface area contributed by atoms with Crippen LogP contribution in [-0.2, 0) is 0 Å². The highest BCUT2D eigenvalue weighted by molar-refractivity contribution is 5.76. The van der Waals surface area contributed by atoms with Crippen LogP contribution in [0.5, 0.6) is 11.5 Å². The van der Waals surface area contributed by atoms with Gasteiger partial charge in [0.25, 0.3) is 0 Å². The molecule has 1 atom stereocenters. The van der Waals surface area contributed by atoms with E-state index in [2.05, 4.69) is 6.07 Å². The molecule has 0 N–H and O–H groups in total. The Kier molecular flexibility index (Phi) is 5.02. The van der Waals surface area contributed by atoms with Crippen molar-refractivity contribution in [2.24, 2.45) is 0 Å². The Morgan fingerprint density at radius 3 is 2.71 bits per heavy atom. The molecule has 1 unspecified atom stereocenters. The summed E-state index contributed by atoms with van der Waals surface area (Å²) in [6.07, 6.45) is 0.835. The molecule has 17 heavy (non-hydrogen) atoms. The molecule has 0 aromatic heterocycles. The summed E-state index contributed by atoms with van der Waals surface area (Å²) in [6, 6.07) is 6.94. The number of aldehydes is 1. The van der Waals surface area contributed by atoms with E-state index in [9.17, 15) is 4.79 Å². The number of ether oxygens (including phenoxy) is 2. The van der Waals surface area contributed by atoms with Gasteiger partial charge in [-0.3, -0.25) is 4.79 Å². The van der Waals surface area contributed by atoms with Crippen molar-refractivity contribution >= 4 is 6.29 Å².